The number of aromatic carboxylic acids is 1. The lowest BCUT2D eigenvalue weighted by molar-refractivity contribution is 0.0697. The molecule has 1 aromatic heterocycles. The first-order chi connectivity index (χ1) is 7.66. The molecule has 0 fully saturated rings. The molecule has 16 heavy (non-hydrogen) atoms. The third kappa shape index (κ3) is 2.06. The standard InChI is InChI=1S/C12H10N2O2/c1-8-5-11(14-7-13-8)9-3-2-4-10(6-9)12(15)16/h2-7H,1H3,(H,15,16). The van der Waals surface area contributed by atoms with E-state index in [1.165, 1.54) is 6.33 Å². The van der Waals surface area contributed by atoms with Gasteiger partial charge in [-0.15, -0.1) is 0 Å². The lowest BCUT2D eigenvalue weighted by Gasteiger charge is -2.02. The number of nitrogens with zero attached hydrogens (tertiary/aromatic N) is 2. The monoisotopic (exact) mass is 214 g/mol. The van der Waals surface area contributed by atoms with Crippen molar-refractivity contribution in [2.75, 3.05) is 0 Å². The van der Waals surface area contributed by atoms with E-state index in [4.69, 9.17) is 5.11 Å². The van der Waals surface area contributed by atoms with Gasteiger partial charge in [0.05, 0.1) is 11.3 Å². The molecule has 0 aliphatic carbocycles. The van der Waals surface area contributed by atoms with Crippen LogP contribution in [0.5, 0.6) is 0 Å². The summed E-state index contributed by atoms with van der Waals surface area (Å²) in [5, 5.41) is 8.88. The normalized spacial score (nSPS) is 10.1. The van der Waals surface area contributed by atoms with Crippen LogP contribution in [-0.2, 0) is 0 Å². The Morgan fingerprint density at radius 1 is 1.25 bits per heavy atom. The van der Waals surface area contributed by atoms with Gasteiger partial charge in [0, 0.05) is 11.3 Å². The third-order valence-corrected chi connectivity index (χ3v) is 2.21. The van der Waals surface area contributed by atoms with Crippen molar-refractivity contribution >= 4 is 5.97 Å². The van der Waals surface area contributed by atoms with Gasteiger partial charge in [-0.2, -0.15) is 0 Å². The number of aryl methyl sites for hydroxylation is 1. The minimum Gasteiger partial charge on any atom is -0.478 e. The molecule has 0 spiro atoms. The van der Waals surface area contributed by atoms with Crippen molar-refractivity contribution in [3.05, 3.63) is 47.9 Å². The highest BCUT2D eigenvalue weighted by atomic mass is 16.4. The minimum absolute atomic E-state index is 0.258. The van der Waals surface area contributed by atoms with Crippen molar-refractivity contribution in [1.29, 1.82) is 0 Å². The first-order valence-electron chi connectivity index (χ1n) is 4.79. The van der Waals surface area contributed by atoms with E-state index in [1.54, 1.807) is 18.2 Å². The molecule has 1 N–H and O–H groups in total. The van der Waals surface area contributed by atoms with Crippen LogP contribution in [-0.4, -0.2) is 21.0 Å². The maximum atomic E-state index is 10.8. The molecule has 0 saturated carbocycles. The summed E-state index contributed by atoms with van der Waals surface area (Å²) in [4.78, 5) is 18.9. The van der Waals surface area contributed by atoms with Crippen LogP contribution in [0.1, 0.15) is 16.1 Å². The number of hydrogen-bond donors (Lipinski definition) is 1. The summed E-state index contributed by atoms with van der Waals surface area (Å²) in [5.74, 6) is -0.937. The number of aromatic nitrogens is 2. The topological polar surface area (TPSA) is 63.1 Å². The lowest BCUT2D eigenvalue weighted by atomic mass is 10.1. The van der Waals surface area contributed by atoms with Gasteiger partial charge in [-0.25, -0.2) is 14.8 Å². The zero-order chi connectivity index (χ0) is 11.5. The molecule has 0 aliphatic heterocycles. The van der Waals surface area contributed by atoms with Gasteiger partial charge in [-0.1, -0.05) is 12.1 Å². The second-order valence-corrected chi connectivity index (χ2v) is 3.43. The summed E-state index contributed by atoms with van der Waals surface area (Å²) >= 11 is 0. The molecule has 0 atom stereocenters. The molecule has 0 amide bonds. The Morgan fingerprint density at radius 2 is 2.06 bits per heavy atom. The van der Waals surface area contributed by atoms with Crippen LogP contribution in [0, 0.1) is 6.92 Å². The fourth-order valence-corrected chi connectivity index (χ4v) is 1.42. The van der Waals surface area contributed by atoms with E-state index >= 15 is 0 Å². The van der Waals surface area contributed by atoms with Crippen LogP contribution in [0.15, 0.2) is 36.7 Å². The largest absolute Gasteiger partial charge is 0.478 e. The summed E-state index contributed by atoms with van der Waals surface area (Å²) in [7, 11) is 0. The second kappa shape index (κ2) is 4.10. The van der Waals surface area contributed by atoms with Crippen LogP contribution in [0.3, 0.4) is 0 Å². The average Bonchev–Trinajstić information content (AvgIpc) is 2.29. The predicted molar refractivity (Wildman–Crippen MR) is 59.2 cm³/mol. The first-order valence-corrected chi connectivity index (χ1v) is 4.79. The Kier molecular flexibility index (Phi) is 2.64. The molecular formula is C12H10N2O2. The van der Waals surface area contributed by atoms with E-state index in [2.05, 4.69) is 9.97 Å². The molecule has 0 bridgehead atoms. The van der Waals surface area contributed by atoms with E-state index < -0.39 is 5.97 Å². The summed E-state index contributed by atoms with van der Waals surface area (Å²) in [6.07, 6.45) is 1.47. The minimum atomic E-state index is -0.937. The number of carboxylic acid groups (broad SMARTS) is 1. The molecule has 0 radical (unpaired) electrons. The maximum absolute atomic E-state index is 10.8. The van der Waals surface area contributed by atoms with Crippen molar-refractivity contribution in [2.45, 2.75) is 6.92 Å². The van der Waals surface area contributed by atoms with Crippen molar-refractivity contribution < 1.29 is 9.90 Å². The van der Waals surface area contributed by atoms with Crippen molar-refractivity contribution in [2.24, 2.45) is 0 Å². The number of rotatable bonds is 2. The highest BCUT2D eigenvalue weighted by Gasteiger charge is 2.05. The fraction of sp³-hybridized carbons (Fsp3) is 0.0833. The quantitative estimate of drug-likeness (QED) is 0.831. The van der Waals surface area contributed by atoms with E-state index in [0.717, 1.165) is 17.0 Å². The Bertz CT molecular complexity index is 538. The number of carboxylic acids is 1. The van der Waals surface area contributed by atoms with Gasteiger partial charge in [0.15, 0.2) is 0 Å². The fourth-order valence-electron chi connectivity index (χ4n) is 1.42. The molecular weight excluding hydrogens is 204 g/mol. The molecule has 4 nitrogen and oxygen atoms in total. The first kappa shape index (κ1) is 10.3. The zero-order valence-corrected chi connectivity index (χ0v) is 8.71. The third-order valence-electron chi connectivity index (χ3n) is 2.21. The molecule has 80 valence electrons. The van der Waals surface area contributed by atoms with Crippen LogP contribution >= 0.6 is 0 Å². The highest BCUT2D eigenvalue weighted by Crippen LogP contribution is 2.18. The van der Waals surface area contributed by atoms with Crippen LogP contribution in [0.25, 0.3) is 11.3 Å². The van der Waals surface area contributed by atoms with E-state index in [-0.39, 0.29) is 5.56 Å². The smallest absolute Gasteiger partial charge is 0.335 e. The van der Waals surface area contributed by atoms with Gasteiger partial charge in [0.25, 0.3) is 0 Å². The number of benzene rings is 1. The van der Waals surface area contributed by atoms with Gasteiger partial charge in [0.1, 0.15) is 6.33 Å². The van der Waals surface area contributed by atoms with Crippen molar-refractivity contribution in [3.8, 4) is 11.3 Å². The van der Waals surface area contributed by atoms with E-state index in [0.29, 0.717) is 0 Å². The summed E-state index contributed by atoms with van der Waals surface area (Å²) < 4.78 is 0. The molecule has 2 rings (SSSR count). The summed E-state index contributed by atoms with van der Waals surface area (Å²) in [6.45, 7) is 1.87. The van der Waals surface area contributed by atoms with Crippen molar-refractivity contribution in [3.63, 3.8) is 0 Å². The molecule has 0 unspecified atom stereocenters. The van der Waals surface area contributed by atoms with Crippen LogP contribution in [0.4, 0.5) is 0 Å². The second-order valence-electron chi connectivity index (χ2n) is 3.43. The van der Waals surface area contributed by atoms with Crippen molar-refractivity contribution in [1.82, 2.24) is 9.97 Å². The molecule has 2 aromatic rings. The molecule has 1 heterocycles. The molecule has 0 saturated heterocycles. The zero-order valence-electron chi connectivity index (χ0n) is 8.71. The molecule has 1 aromatic carbocycles. The van der Waals surface area contributed by atoms with Gasteiger partial charge < -0.3 is 5.11 Å². The van der Waals surface area contributed by atoms with Gasteiger partial charge >= 0.3 is 5.97 Å². The van der Waals surface area contributed by atoms with Gasteiger partial charge in [-0.3, -0.25) is 0 Å². The summed E-state index contributed by atoms with van der Waals surface area (Å²) in [6, 6.07) is 8.51. The average molecular weight is 214 g/mol. The predicted octanol–water partition coefficient (Wildman–Crippen LogP) is 2.15. The highest BCUT2D eigenvalue weighted by molar-refractivity contribution is 5.89. The van der Waals surface area contributed by atoms with E-state index in [1.807, 2.05) is 19.1 Å². The Hall–Kier alpha value is -2.23. The Morgan fingerprint density at radius 3 is 2.75 bits per heavy atom. The van der Waals surface area contributed by atoms with Gasteiger partial charge in [-0.05, 0) is 25.1 Å². The van der Waals surface area contributed by atoms with Crippen LogP contribution < -0.4 is 0 Å². The van der Waals surface area contributed by atoms with E-state index in [9.17, 15) is 4.79 Å². The number of carbonyl (C=O) groups is 1. The Balaban J connectivity index is 2.48. The SMILES string of the molecule is Cc1cc(-c2cccc(C(=O)O)c2)ncn1. The lowest BCUT2D eigenvalue weighted by Crippen LogP contribution is -1.96. The van der Waals surface area contributed by atoms with Crippen LogP contribution in [0.2, 0.25) is 0 Å². The summed E-state index contributed by atoms with van der Waals surface area (Å²) in [5.41, 5.74) is 2.63. The maximum Gasteiger partial charge on any atom is 0.335 e. The van der Waals surface area contributed by atoms with Gasteiger partial charge in [0.2, 0.25) is 0 Å². The Labute approximate surface area is 92.6 Å². The number of hydrogen-bond acceptors (Lipinski definition) is 3. The molecule has 0 aliphatic rings. The molecule has 4 heteroatoms.